The highest BCUT2D eigenvalue weighted by Gasteiger charge is 2.23. The van der Waals surface area contributed by atoms with Crippen LogP contribution < -0.4 is 0 Å². The van der Waals surface area contributed by atoms with E-state index in [9.17, 15) is 13.2 Å². The van der Waals surface area contributed by atoms with Gasteiger partial charge in [0.1, 0.15) is 0 Å². The molecule has 0 saturated heterocycles. The lowest BCUT2D eigenvalue weighted by atomic mass is 10.1. The van der Waals surface area contributed by atoms with Gasteiger partial charge in [-0.2, -0.15) is 4.31 Å². The van der Waals surface area contributed by atoms with Crippen LogP contribution in [0.2, 0.25) is 0 Å². The van der Waals surface area contributed by atoms with Gasteiger partial charge in [-0.25, -0.2) is 13.2 Å². The van der Waals surface area contributed by atoms with Crippen molar-refractivity contribution < 1.29 is 18.3 Å². The van der Waals surface area contributed by atoms with Crippen molar-refractivity contribution in [3.8, 4) is 0 Å². The van der Waals surface area contributed by atoms with Crippen LogP contribution in [0.15, 0.2) is 24.3 Å². The Hall–Kier alpha value is -1.40. The van der Waals surface area contributed by atoms with Crippen LogP contribution in [0.1, 0.15) is 36.7 Å². The summed E-state index contributed by atoms with van der Waals surface area (Å²) in [6.45, 7) is 5.88. The van der Waals surface area contributed by atoms with Crippen molar-refractivity contribution in [2.24, 2.45) is 0 Å². The maximum atomic E-state index is 12.2. The number of benzene rings is 1. The molecule has 1 aromatic rings. The quantitative estimate of drug-likeness (QED) is 0.866. The highest BCUT2D eigenvalue weighted by Crippen LogP contribution is 2.14. The number of hydrogen-bond donors (Lipinski definition) is 1. The highest BCUT2D eigenvalue weighted by molar-refractivity contribution is 7.88. The zero-order valence-electron chi connectivity index (χ0n) is 11.3. The van der Waals surface area contributed by atoms with Gasteiger partial charge in [0, 0.05) is 12.6 Å². The smallest absolute Gasteiger partial charge is 0.335 e. The second kappa shape index (κ2) is 6.16. The number of carbonyl (C=O) groups is 1. The van der Waals surface area contributed by atoms with Crippen molar-refractivity contribution >= 4 is 16.0 Å². The largest absolute Gasteiger partial charge is 0.478 e. The van der Waals surface area contributed by atoms with Crippen LogP contribution >= 0.6 is 0 Å². The summed E-state index contributed by atoms with van der Waals surface area (Å²) in [5, 5.41) is 8.78. The molecule has 106 valence electrons. The minimum absolute atomic E-state index is 0.0895. The van der Waals surface area contributed by atoms with Gasteiger partial charge in [-0.15, -0.1) is 0 Å². The Morgan fingerprint density at radius 1 is 1.26 bits per heavy atom. The topological polar surface area (TPSA) is 74.7 Å². The third-order valence-electron chi connectivity index (χ3n) is 2.79. The van der Waals surface area contributed by atoms with Crippen molar-refractivity contribution in [2.45, 2.75) is 32.6 Å². The standard InChI is InChI=1S/C13H19NO4S/c1-4-14(10(2)3)19(17,18)9-11-5-7-12(8-6-11)13(15)16/h5-8,10H,4,9H2,1-3H3,(H,15,16). The summed E-state index contributed by atoms with van der Waals surface area (Å²) in [7, 11) is -3.37. The van der Waals surface area contributed by atoms with E-state index in [-0.39, 0.29) is 17.4 Å². The minimum Gasteiger partial charge on any atom is -0.478 e. The number of carboxylic acid groups (broad SMARTS) is 1. The second-order valence-electron chi connectivity index (χ2n) is 4.56. The predicted molar refractivity (Wildman–Crippen MR) is 73.5 cm³/mol. The monoisotopic (exact) mass is 285 g/mol. The third kappa shape index (κ3) is 4.04. The molecular weight excluding hydrogens is 266 g/mol. The molecule has 0 heterocycles. The molecule has 0 aliphatic carbocycles. The van der Waals surface area contributed by atoms with Gasteiger partial charge < -0.3 is 5.11 Å². The SMILES string of the molecule is CCN(C(C)C)S(=O)(=O)Cc1ccc(C(=O)O)cc1. The molecule has 0 aromatic heterocycles. The summed E-state index contributed by atoms with van der Waals surface area (Å²) in [4.78, 5) is 10.7. The van der Waals surface area contributed by atoms with Crippen molar-refractivity contribution in [1.82, 2.24) is 4.31 Å². The van der Waals surface area contributed by atoms with E-state index in [1.807, 2.05) is 13.8 Å². The molecule has 1 aromatic carbocycles. The summed E-state index contributed by atoms with van der Waals surface area (Å²) in [5.74, 6) is -1.13. The Bertz CT molecular complexity index is 534. The maximum absolute atomic E-state index is 12.2. The van der Waals surface area contributed by atoms with Gasteiger partial charge in [0.05, 0.1) is 11.3 Å². The van der Waals surface area contributed by atoms with E-state index < -0.39 is 16.0 Å². The Labute approximate surface area is 113 Å². The van der Waals surface area contributed by atoms with E-state index in [0.29, 0.717) is 12.1 Å². The summed E-state index contributed by atoms with van der Waals surface area (Å²) in [6.07, 6.45) is 0. The van der Waals surface area contributed by atoms with E-state index in [0.717, 1.165) is 0 Å². The molecule has 0 aliphatic rings. The molecule has 0 amide bonds. The molecule has 0 spiro atoms. The average Bonchev–Trinajstić information content (AvgIpc) is 2.28. The number of sulfonamides is 1. The maximum Gasteiger partial charge on any atom is 0.335 e. The van der Waals surface area contributed by atoms with Crippen LogP contribution in [0.3, 0.4) is 0 Å². The van der Waals surface area contributed by atoms with Crippen molar-refractivity contribution in [3.05, 3.63) is 35.4 Å². The molecule has 5 nitrogen and oxygen atoms in total. The van der Waals surface area contributed by atoms with Crippen LogP contribution in [0, 0.1) is 0 Å². The van der Waals surface area contributed by atoms with Gasteiger partial charge in [0.2, 0.25) is 10.0 Å². The first-order valence-corrected chi connectivity index (χ1v) is 7.70. The lowest BCUT2D eigenvalue weighted by Gasteiger charge is -2.24. The lowest BCUT2D eigenvalue weighted by Crippen LogP contribution is -2.37. The van der Waals surface area contributed by atoms with Crippen LogP contribution in [0.5, 0.6) is 0 Å². The molecule has 1 N–H and O–H groups in total. The summed E-state index contributed by atoms with van der Waals surface area (Å²) in [5.41, 5.74) is 0.737. The van der Waals surface area contributed by atoms with Gasteiger partial charge in [0.15, 0.2) is 0 Å². The second-order valence-corrected chi connectivity index (χ2v) is 6.48. The fourth-order valence-electron chi connectivity index (χ4n) is 1.92. The molecule has 1 rings (SSSR count). The molecule has 0 unspecified atom stereocenters. The average molecular weight is 285 g/mol. The molecule has 19 heavy (non-hydrogen) atoms. The lowest BCUT2D eigenvalue weighted by molar-refractivity contribution is 0.0697. The summed E-state index contributed by atoms with van der Waals surface area (Å²) < 4.78 is 25.8. The van der Waals surface area contributed by atoms with E-state index in [1.54, 1.807) is 6.92 Å². The number of rotatable bonds is 6. The normalized spacial score (nSPS) is 12.1. The van der Waals surface area contributed by atoms with Gasteiger partial charge >= 0.3 is 5.97 Å². The number of carboxylic acids is 1. The van der Waals surface area contributed by atoms with Gasteiger partial charge in [-0.05, 0) is 31.5 Å². The Morgan fingerprint density at radius 2 is 1.79 bits per heavy atom. The van der Waals surface area contributed by atoms with E-state index >= 15 is 0 Å². The zero-order chi connectivity index (χ0) is 14.6. The van der Waals surface area contributed by atoms with Crippen LogP contribution in [-0.2, 0) is 15.8 Å². The number of hydrogen-bond acceptors (Lipinski definition) is 3. The van der Waals surface area contributed by atoms with Crippen molar-refractivity contribution in [3.63, 3.8) is 0 Å². The van der Waals surface area contributed by atoms with E-state index in [2.05, 4.69) is 0 Å². The van der Waals surface area contributed by atoms with Crippen molar-refractivity contribution in [1.29, 1.82) is 0 Å². The fraction of sp³-hybridized carbons (Fsp3) is 0.462. The van der Waals surface area contributed by atoms with E-state index in [4.69, 9.17) is 5.11 Å². The molecule has 0 saturated carbocycles. The number of nitrogens with zero attached hydrogens (tertiary/aromatic N) is 1. The first-order chi connectivity index (χ1) is 8.77. The van der Waals surface area contributed by atoms with E-state index in [1.165, 1.54) is 28.6 Å². The molecule has 0 bridgehead atoms. The summed E-state index contributed by atoms with van der Waals surface area (Å²) >= 11 is 0. The Balaban J connectivity index is 2.92. The predicted octanol–water partition coefficient (Wildman–Crippen LogP) is 1.94. The van der Waals surface area contributed by atoms with Crippen LogP contribution in [0.25, 0.3) is 0 Å². The highest BCUT2D eigenvalue weighted by atomic mass is 32.2. The van der Waals surface area contributed by atoms with Crippen LogP contribution in [0.4, 0.5) is 0 Å². The molecule has 0 aliphatic heterocycles. The Morgan fingerprint density at radius 3 is 2.16 bits per heavy atom. The van der Waals surface area contributed by atoms with Gasteiger partial charge in [-0.1, -0.05) is 19.1 Å². The molecule has 6 heteroatoms. The minimum atomic E-state index is -3.37. The van der Waals surface area contributed by atoms with Crippen LogP contribution in [-0.4, -0.2) is 36.4 Å². The molecule has 0 fully saturated rings. The molecule has 0 atom stereocenters. The van der Waals surface area contributed by atoms with Gasteiger partial charge in [0.25, 0.3) is 0 Å². The molecule has 0 radical (unpaired) electrons. The Kier molecular flexibility index (Phi) is 5.08. The zero-order valence-corrected chi connectivity index (χ0v) is 12.1. The molecular formula is C13H19NO4S. The first-order valence-electron chi connectivity index (χ1n) is 6.09. The fourth-order valence-corrected chi connectivity index (χ4v) is 3.74. The van der Waals surface area contributed by atoms with Gasteiger partial charge in [-0.3, -0.25) is 0 Å². The number of aromatic carboxylic acids is 1. The first kappa shape index (κ1) is 15.7. The third-order valence-corrected chi connectivity index (χ3v) is 4.89. The summed E-state index contributed by atoms with van der Waals surface area (Å²) in [6, 6.07) is 5.82. The van der Waals surface area contributed by atoms with Crippen molar-refractivity contribution in [2.75, 3.05) is 6.54 Å².